The molecule has 1 fully saturated rings. The minimum absolute atomic E-state index is 0.537. The van der Waals surface area contributed by atoms with Gasteiger partial charge in [-0.2, -0.15) is 0 Å². The Bertz CT molecular complexity index is 400. The molecule has 0 amide bonds. The van der Waals surface area contributed by atoms with Crippen molar-refractivity contribution in [3.8, 4) is 0 Å². The maximum Gasteiger partial charge on any atom is 0.198 e. The van der Waals surface area contributed by atoms with Gasteiger partial charge in [-0.15, -0.1) is 0 Å². The molecule has 1 aromatic rings. The van der Waals surface area contributed by atoms with Crippen LogP contribution in [0.15, 0.2) is 35.3 Å². The first-order valence-corrected chi connectivity index (χ1v) is 5.81. The molecule has 0 saturated carbocycles. The molecule has 0 unspecified atom stereocenters. The number of hydrogen-bond donors (Lipinski definition) is 1. The van der Waals surface area contributed by atoms with E-state index >= 15 is 0 Å². The largest absolute Gasteiger partial charge is 0.363 e. The Kier molecular flexibility index (Phi) is 3.51. The molecule has 4 heteroatoms. The Morgan fingerprint density at radius 2 is 2.12 bits per heavy atom. The molecule has 16 heavy (non-hydrogen) atoms. The third-order valence-electron chi connectivity index (χ3n) is 2.59. The van der Waals surface area contributed by atoms with E-state index in [0.29, 0.717) is 5.11 Å². The number of thiocarbonyl (C=S) groups is 1. The van der Waals surface area contributed by atoms with Crippen LogP contribution in [0.1, 0.15) is 12.8 Å². The highest BCUT2D eigenvalue weighted by Gasteiger charge is 2.14. The predicted molar refractivity (Wildman–Crippen MR) is 72.0 cm³/mol. The average Bonchev–Trinajstić information content (AvgIpc) is 2.66. The molecular formula is C12H15N3S. The van der Waals surface area contributed by atoms with Gasteiger partial charge < -0.3 is 10.2 Å². The molecule has 0 aromatic heterocycles. The fourth-order valence-corrected chi connectivity index (χ4v) is 1.95. The minimum atomic E-state index is 0.537. The highest BCUT2D eigenvalue weighted by molar-refractivity contribution is 7.80. The zero-order valence-corrected chi connectivity index (χ0v) is 10.1. The summed E-state index contributed by atoms with van der Waals surface area (Å²) in [5.74, 6) is 1.08. The lowest BCUT2D eigenvalue weighted by molar-refractivity contribution is 0.550. The first-order valence-electron chi connectivity index (χ1n) is 5.40. The SMILES string of the molecule is CN1CCC/C1=N\C(=S)Nc1ccccc1. The van der Waals surface area contributed by atoms with E-state index in [-0.39, 0.29) is 0 Å². The Morgan fingerprint density at radius 3 is 2.75 bits per heavy atom. The van der Waals surface area contributed by atoms with Crippen molar-refractivity contribution in [3.63, 3.8) is 0 Å². The van der Waals surface area contributed by atoms with Gasteiger partial charge in [-0.05, 0) is 30.8 Å². The molecule has 1 aliphatic rings. The number of hydrogen-bond acceptors (Lipinski definition) is 1. The van der Waals surface area contributed by atoms with Crippen LogP contribution in [-0.4, -0.2) is 29.4 Å². The third-order valence-corrected chi connectivity index (χ3v) is 2.78. The van der Waals surface area contributed by atoms with Crippen molar-refractivity contribution in [2.24, 2.45) is 4.99 Å². The molecule has 3 nitrogen and oxygen atoms in total. The van der Waals surface area contributed by atoms with Crippen molar-refractivity contribution >= 4 is 28.9 Å². The summed E-state index contributed by atoms with van der Waals surface area (Å²) < 4.78 is 0. The molecule has 1 saturated heterocycles. The molecule has 0 aliphatic carbocycles. The van der Waals surface area contributed by atoms with Gasteiger partial charge in [0.25, 0.3) is 0 Å². The van der Waals surface area contributed by atoms with Crippen LogP contribution in [0.4, 0.5) is 5.69 Å². The molecule has 0 spiro atoms. The molecule has 84 valence electrons. The van der Waals surface area contributed by atoms with E-state index in [1.807, 2.05) is 30.3 Å². The van der Waals surface area contributed by atoms with Gasteiger partial charge in [0.05, 0.1) is 0 Å². The number of nitrogens with one attached hydrogen (secondary N) is 1. The smallest absolute Gasteiger partial charge is 0.198 e. The van der Waals surface area contributed by atoms with Crippen molar-refractivity contribution < 1.29 is 0 Å². The lowest BCUT2D eigenvalue weighted by Gasteiger charge is -2.11. The highest BCUT2D eigenvalue weighted by atomic mass is 32.1. The third kappa shape index (κ3) is 2.79. The van der Waals surface area contributed by atoms with Gasteiger partial charge in [0.15, 0.2) is 5.11 Å². The van der Waals surface area contributed by atoms with Crippen molar-refractivity contribution in [3.05, 3.63) is 30.3 Å². The quantitative estimate of drug-likeness (QED) is 0.755. The summed E-state index contributed by atoms with van der Waals surface area (Å²) in [5.41, 5.74) is 0.984. The van der Waals surface area contributed by atoms with Gasteiger partial charge >= 0.3 is 0 Å². The number of benzene rings is 1. The molecular weight excluding hydrogens is 218 g/mol. The van der Waals surface area contributed by atoms with Gasteiger partial charge in [0.1, 0.15) is 5.84 Å². The van der Waals surface area contributed by atoms with Gasteiger partial charge in [-0.25, -0.2) is 4.99 Å². The maximum atomic E-state index is 5.20. The second kappa shape index (κ2) is 5.07. The molecule has 2 rings (SSSR count). The molecule has 1 aromatic carbocycles. The Labute approximate surface area is 101 Å². The summed E-state index contributed by atoms with van der Waals surface area (Å²) >= 11 is 5.20. The zero-order valence-electron chi connectivity index (χ0n) is 9.31. The Hall–Kier alpha value is -1.42. The van der Waals surface area contributed by atoms with Crippen LogP contribution in [0.25, 0.3) is 0 Å². The second-order valence-electron chi connectivity index (χ2n) is 3.85. The number of anilines is 1. The zero-order chi connectivity index (χ0) is 11.4. The van der Waals surface area contributed by atoms with Crippen LogP contribution in [0.3, 0.4) is 0 Å². The van der Waals surface area contributed by atoms with E-state index in [0.717, 1.165) is 24.5 Å². The number of likely N-dealkylation sites (tertiary alicyclic amines) is 1. The highest BCUT2D eigenvalue weighted by Crippen LogP contribution is 2.10. The molecule has 1 N–H and O–H groups in total. The summed E-state index contributed by atoms with van der Waals surface area (Å²) in [6.45, 7) is 1.08. The molecule has 0 bridgehead atoms. The number of para-hydroxylation sites is 1. The van der Waals surface area contributed by atoms with E-state index in [1.165, 1.54) is 6.42 Å². The van der Waals surface area contributed by atoms with Gasteiger partial charge in [0, 0.05) is 25.7 Å². The second-order valence-corrected chi connectivity index (χ2v) is 4.24. The van der Waals surface area contributed by atoms with E-state index in [4.69, 9.17) is 12.2 Å². The number of rotatable bonds is 1. The Balaban J connectivity index is 1.99. The van der Waals surface area contributed by atoms with Crippen molar-refractivity contribution in [1.82, 2.24) is 4.90 Å². The molecule has 0 atom stereocenters. The average molecular weight is 233 g/mol. The number of amidine groups is 1. The van der Waals surface area contributed by atoms with Crippen LogP contribution in [0.2, 0.25) is 0 Å². The monoisotopic (exact) mass is 233 g/mol. The standard InChI is InChI=1S/C12H15N3S/c1-15-9-5-8-11(15)14-12(16)13-10-6-3-2-4-7-10/h2-4,6-7H,5,8-9H2,1H3,(H,13,16)/b14-11+. The van der Waals surface area contributed by atoms with Gasteiger partial charge in [-0.3, -0.25) is 0 Å². The van der Waals surface area contributed by atoms with Crippen LogP contribution in [0.5, 0.6) is 0 Å². The fraction of sp³-hybridized carbons (Fsp3) is 0.333. The molecule has 0 radical (unpaired) electrons. The predicted octanol–water partition coefficient (Wildman–Crippen LogP) is 2.51. The van der Waals surface area contributed by atoms with E-state index < -0.39 is 0 Å². The topological polar surface area (TPSA) is 27.6 Å². The van der Waals surface area contributed by atoms with E-state index in [9.17, 15) is 0 Å². The van der Waals surface area contributed by atoms with Crippen LogP contribution in [-0.2, 0) is 0 Å². The lowest BCUT2D eigenvalue weighted by atomic mass is 10.3. The molecule has 1 aliphatic heterocycles. The van der Waals surface area contributed by atoms with Crippen molar-refractivity contribution in [2.75, 3.05) is 18.9 Å². The summed E-state index contributed by atoms with van der Waals surface area (Å²) in [6, 6.07) is 9.88. The van der Waals surface area contributed by atoms with Crippen LogP contribution >= 0.6 is 12.2 Å². The summed E-state index contributed by atoms with van der Waals surface area (Å²) in [6.07, 6.45) is 2.19. The minimum Gasteiger partial charge on any atom is -0.363 e. The summed E-state index contributed by atoms with van der Waals surface area (Å²) in [4.78, 5) is 6.57. The van der Waals surface area contributed by atoms with Gasteiger partial charge in [0.2, 0.25) is 0 Å². The van der Waals surface area contributed by atoms with Crippen LogP contribution < -0.4 is 5.32 Å². The van der Waals surface area contributed by atoms with Gasteiger partial charge in [-0.1, -0.05) is 18.2 Å². The molecule has 1 heterocycles. The van der Waals surface area contributed by atoms with Crippen molar-refractivity contribution in [1.29, 1.82) is 0 Å². The number of aliphatic imine (C=N–C) groups is 1. The van der Waals surface area contributed by atoms with E-state index in [1.54, 1.807) is 0 Å². The first kappa shape index (κ1) is 11.1. The maximum absolute atomic E-state index is 5.20. The lowest BCUT2D eigenvalue weighted by Crippen LogP contribution is -2.21. The first-order chi connectivity index (χ1) is 7.75. The summed E-state index contributed by atoms with van der Waals surface area (Å²) in [7, 11) is 2.05. The number of nitrogens with zero attached hydrogens (tertiary/aromatic N) is 2. The Morgan fingerprint density at radius 1 is 1.38 bits per heavy atom. The summed E-state index contributed by atoms with van der Waals surface area (Å²) in [5, 5.41) is 3.64. The van der Waals surface area contributed by atoms with Crippen LogP contribution in [0, 0.1) is 0 Å². The fourth-order valence-electron chi connectivity index (χ4n) is 1.73. The van der Waals surface area contributed by atoms with Crippen molar-refractivity contribution in [2.45, 2.75) is 12.8 Å². The van der Waals surface area contributed by atoms with E-state index in [2.05, 4.69) is 22.3 Å². The normalized spacial score (nSPS) is 17.8.